The van der Waals surface area contributed by atoms with Crippen LogP contribution >= 0.6 is 0 Å². The number of piperidine rings is 1. The number of likely N-dealkylation sites (tertiary alicyclic amines) is 1. The molecular formula is C28H34F2N2O4. The topological polar surface area (TPSA) is 67.9 Å². The number of aryl methyl sites for hydroxylation is 1. The van der Waals surface area contributed by atoms with Crippen molar-refractivity contribution >= 4 is 12.0 Å². The Morgan fingerprint density at radius 3 is 2.36 bits per heavy atom. The molecule has 36 heavy (non-hydrogen) atoms. The Morgan fingerprint density at radius 2 is 1.69 bits per heavy atom. The molecular weight excluding hydrogens is 466 g/mol. The second-order valence-corrected chi connectivity index (χ2v) is 10.7. The van der Waals surface area contributed by atoms with Gasteiger partial charge in [-0.05, 0) is 75.1 Å². The van der Waals surface area contributed by atoms with Gasteiger partial charge in [0.25, 0.3) is 0 Å². The van der Waals surface area contributed by atoms with E-state index >= 15 is 0 Å². The third-order valence-corrected chi connectivity index (χ3v) is 7.08. The fraction of sp³-hybridized carbons (Fsp3) is 0.500. The molecule has 1 aliphatic carbocycles. The SMILES string of the molecule is CC(C)(C)OC(=O)N[C@H](COCc1c(F)cccc1F)C(=O)N1CCC2(CCc3ccccc32)CC1. The first-order valence-corrected chi connectivity index (χ1v) is 12.5. The molecule has 2 aliphatic rings. The quantitative estimate of drug-likeness (QED) is 0.614. The number of nitrogens with zero attached hydrogens (tertiary/aromatic N) is 1. The maximum absolute atomic E-state index is 14.0. The Bertz CT molecular complexity index is 1090. The first-order valence-electron chi connectivity index (χ1n) is 12.5. The van der Waals surface area contributed by atoms with Crippen LogP contribution in [0.5, 0.6) is 0 Å². The van der Waals surface area contributed by atoms with Gasteiger partial charge in [0.15, 0.2) is 0 Å². The van der Waals surface area contributed by atoms with Crippen LogP contribution in [0, 0.1) is 11.6 Å². The van der Waals surface area contributed by atoms with Crippen molar-refractivity contribution in [2.24, 2.45) is 0 Å². The van der Waals surface area contributed by atoms with E-state index in [1.54, 1.807) is 25.7 Å². The highest BCUT2D eigenvalue weighted by Gasteiger charge is 2.42. The normalized spacial score (nSPS) is 17.5. The number of carbonyl (C=O) groups is 2. The van der Waals surface area contributed by atoms with Crippen molar-refractivity contribution < 1.29 is 27.8 Å². The van der Waals surface area contributed by atoms with Gasteiger partial charge in [0.1, 0.15) is 23.3 Å². The molecule has 2 amide bonds. The number of nitrogens with one attached hydrogen (secondary N) is 1. The average Bonchev–Trinajstić information content (AvgIpc) is 3.17. The highest BCUT2D eigenvalue weighted by atomic mass is 19.1. The monoisotopic (exact) mass is 500 g/mol. The summed E-state index contributed by atoms with van der Waals surface area (Å²) in [5.74, 6) is -1.75. The predicted octanol–water partition coefficient (Wildman–Crippen LogP) is 4.88. The van der Waals surface area contributed by atoms with Crippen LogP contribution in [0.3, 0.4) is 0 Å². The molecule has 0 bridgehead atoms. The molecule has 0 radical (unpaired) electrons. The zero-order valence-electron chi connectivity index (χ0n) is 21.1. The predicted molar refractivity (Wildman–Crippen MR) is 131 cm³/mol. The van der Waals surface area contributed by atoms with Crippen LogP contribution in [0.4, 0.5) is 13.6 Å². The van der Waals surface area contributed by atoms with Gasteiger partial charge >= 0.3 is 6.09 Å². The van der Waals surface area contributed by atoms with Gasteiger partial charge in [0.05, 0.1) is 13.2 Å². The average molecular weight is 501 g/mol. The van der Waals surface area contributed by atoms with Crippen LogP contribution in [-0.4, -0.2) is 48.2 Å². The number of carbonyl (C=O) groups excluding carboxylic acids is 2. The van der Waals surface area contributed by atoms with Gasteiger partial charge in [-0.1, -0.05) is 30.3 Å². The number of benzene rings is 2. The highest BCUT2D eigenvalue weighted by Crippen LogP contribution is 2.46. The number of ether oxygens (including phenoxy) is 2. The summed E-state index contributed by atoms with van der Waals surface area (Å²) in [6.07, 6.45) is 3.06. The zero-order valence-corrected chi connectivity index (χ0v) is 21.1. The van der Waals surface area contributed by atoms with E-state index in [4.69, 9.17) is 9.47 Å². The van der Waals surface area contributed by atoms with E-state index in [0.717, 1.165) is 37.8 Å². The fourth-order valence-corrected chi connectivity index (χ4v) is 5.23. The molecule has 2 aromatic rings. The van der Waals surface area contributed by atoms with Crippen molar-refractivity contribution in [2.45, 2.75) is 70.1 Å². The smallest absolute Gasteiger partial charge is 0.408 e. The molecule has 1 heterocycles. The minimum atomic E-state index is -1.04. The van der Waals surface area contributed by atoms with Crippen molar-refractivity contribution in [1.82, 2.24) is 10.2 Å². The van der Waals surface area contributed by atoms with E-state index in [0.29, 0.717) is 13.1 Å². The van der Waals surface area contributed by atoms with Gasteiger partial charge in [0.2, 0.25) is 5.91 Å². The van der Waals surface area contributed by atoms with Crippen molar-refractivity contribution in [2.75, 3.05) is 19.7 Å². The summed E-state index contributed by atoms with van der Waals surface area (Å²) in [7, 11) is 0. The highest BCUT2D eigenvalue weighted by molar-refractivity contribution is 5.86. The largest absolute Gasteiger partial charge is 0.444 e. The standard InChI is InChI=1S/C28H34F2N2O4/c1-27(2,3)36-26(34)31-24(18-35-17-20-22(29)9-6-10-23(20)30)25(33)32-15-13-28(14-16-32)12-11-19-7-4-5-8-21(19)28/h4-10,24H,11-18H2,1-3H3,(H,31,34)/t24-/m1/s1. The Hall–Kier alpha value is -3.00. The summed E-state index contributed by atoms with van der Waals surface area (Å²) in [4.78, 5) is 27.6. The minimum Gasteiger partial charge on any atom is -0.444 e. The molecule has 2 aromatic carbocycles. The van der Waals surface area contributed by atoms with Gasteiger partial charge in [0, 0.05) is 18.7 Å². The van der Waals surface area contributed by atoms with E-state index in [2.05, 4.69) is 29.6 Å². The molecule has 0 unspecified atom stereocenters. The number of halogens is 2. The molecule has 1 saturated heterocycles. The lowest BCUT2D eigenvalue weighted by Gasteiger charge is -2.41. The van der Waals surface area contributed by atoms with Crippen LogP contribution < -0.4 is 5.32 Å². The lowest BCUT2D eigenvalue weighted by molar-refractivity contribution is -0.137. The number of alkyl carbamates (subject to hydrolysis) is 1. The van der Waals surface area contributed by atoms with E-state index in [-0.39, 0.29) is 30.1 Å². The van der Waals surface area contributed by atoms with Gasteiger partial charge < -0.3 is 19.7 Å². The van der Waals surface area contributed by atoms with Crippen molar-refractivity contribution in [3.8, 4) is 0 Å². The first-order chi connectivity index (χ1) is 17.1. The lowest BCUT2D eigenvalue weighted by atomic mass is 9.74. The number of hydrogen-bond donors (Lipinski definition) is 1. The first kappa shape index (κ1) is 26.1. The number of fused-ring (bicyclic) bond motifs is 2. The third kappa shape index (κ3) is 5.86. The summed E-state index contributed by atoms with van der Waals surface area (Å²) in [5, 5.41) is 2.60. The van der Waals surface area contributed by atoms with Gasteiger partial charge in [-0.3, -0.25) is 4.79 Å². The summed E-state index contributed by atoms with van der Waals surface area (Å²) >= 11 is 0. The molecule has 8 heteroatoms. The van der Waals surface area contributed by atoms with Gasteiger partial charge in [-0.15, -0.1) is 0 Å². The van der Waals surface area contributed by atoms with Crippen molar-refractivity contribution in [1.29, 1.82) is 0 Å². The van der Waals surface area contributed by atoms with Crippen LogP contribution in [-0.2, 0) is 32.7 Å². The van der Waals surface area contributed by atoms with Crippen molar-refractivity contribution in [3.63, 3.8) is 0 Å². The third-order valence-electron chi connectivity index (χ3n) is 7.08. The Balaban J connectivity index is 1.42. The molecule has 0 aromatic heterocycles. The number of rotatable bonds is 6. The lowest BCUT2D eigenvalue weighted by Crippen LogP contribution is -2.54. The van der Waals surface area contributed by atoms with Gasteiger partial charge in [-0.25, -0.2) is 13.6 Å². The molecule has 1 aliphatic heterocycles. The fourth-order valence-electron chi connectivity index (χ4n) is 5.23. The molecule has 6 nitrogen and oxygen atoms in total. The molecule has 1 spiro atoms. The summed E-state index contributed by atoms with van der Waals surface area (Å²) < 4.78 is 38.8. The van der Waals surface area contributed by atoms with Gasteiger partial charge in [-0.2, -0.15) is 0 Å². The molecule has 0 saturated carbocycles. The second kappa shape index (κ2) is 10.5. The summed E-state index contributed by atoms with van der Waals surface area (Å²) in [6, 6.07) is 11.0. The van der Waals surface area contributed by atoms with E-state index in [1.807, 2.05) is 0 Å². The van der Waals surface area contributed by atoms with Crippen LogP contribution in [0.15, 0.2) is 42.5 Å². The van der Waals surface area contributed by atoms with Crippen LogP contribution in [0.25, 0.3) is 0 Å². The molecule has 1 atom stereocenters. The van der Waals surface area contributed by atoms with E-state index < -0.39 is 29.4 Å². The summed E-state index contributed by atoms with van der Waals surface area (Å²) in [5.41, 5.74) is 1.88. The Kier molecular flexibility index (Phi) is 7.64. The molecule has 4 rings (SSSR count). The second-order valence-electron chi connectivity index (χ2n) is 10.7. The zero-order chi connectivity index (χ0) is 25.9. The minimum absolute atomic E-state index is 0.0837. The number of amides is 2. The molecule has 1 N–H and O–H groups in total. The van der Waals surface area contributed by atoms with E-state index in [1.165, 1.54) is 17.2 Å². The van der Waals surface area contributed by atoms with Crippen LogP contribution in [0.2, 0.25) is 0 Å². The molecule has 1 fully saturated rings. The Morgan fingerprint density at radius 1 is 1.03 bits per heavy atom. The Labute approximate surface area is 211 Å². The van der Waals surface area contributed by atoms with Crippen molar-refractivity contribution in [3.05, 3.63) is 70.8 Å². The number of hydrogen-bond acceptors (Lipinski definition) is 4. The maximum Gasteiger partial charge on any atom is 0.408 e. The summed E-state index contributed by atoms with van der Waals surface area (Å²) in [6.45, 7) is 5.69. The maximum atomic E-state index is 14.0. The van der Waals surface area contributed by atoms with E-state index in [9.17, 15) is 18.4 Å². The van der Waals surface area contributed by atoms with Crippen LogP contribution in [0.1, 0.15) is 56.7 Å². The molecule has 194 valence electrons.